The summed E-state index contributed by atoms with van der Waals surface area (Å²) in [4.78, 5) is 33.6. The Morgan fingerprint density at radius 2 is 1.90 bits per heavy atom. The van der Waals surface area contributed by atoms with Crippen LogP contribution in [0.2, 0.25) is 0 Å². The number of aliphatic hydroxyl groups excluding tert-OH is 1. The number of ketones is 1. The Kier molecular flexibility index (Phi) is 6.84. The van der Waals surface area contributed by atoms with Crippen molar-refractivity contribution >= 4 is 17.4 Å². The van der Waals surface area contributed by atoms with Crippen LogP contribution in [0.5, 0.6) is 5.75 Å². The molecule has 0 aliphatic carbocycles. The zero-order valence-corrected chi connectivity index (χ0v) is 17.5. The van der Waals surface area contributed by atoms with Crippen molar-refractivity contribution < 1.29 is 19.4 Å². The van der Waals surface area contributed by atoms with Crippen molar-refractivity contribution in [3.63, 3.8) is 0 Å². The molecule has 1 aromatic heterocycles. The average Bonchev–Trinajstić information content (AvgIpc) is 2.99. The first-order valence-corrected chi connectivity index (χ1v) is 10.0. The maximum absolute atomic E-state index is 12.9. The maximum atomic E-state index is 12.9. The summed E-state index contributed by atoms with van der Waals surface area (Å²) in [5, 5.41) is 11.0. The first-order chi connectivity index (χ1) is 14.4. The number of Topliss-reactive ketones (excluding diaryl/α,β-unsaturated/α-hetero) is 1. The van der Waals surface area contributed by atoms with E-state index in [0.29, 0.717) is 36.6 Å². The van der Waals surface area contributed by atoms with Gasteiger partial charge in [-0.3, -0.25) is 14.6 Å². The summed E-state index contributed by atoms with van der Waals surface area (Å²) >= 11 is 0. The molecule has 1 aliphatic rings. The number of pyridine rings is 1. The summed E-state index contributed by atoms with van der Waals surface area (Å²) in [6.45, 7) is 3.59. The highest BCUT2D eigenvalue weighted by Crippen LogP contribution is 2.38. The SMILES string of the molecule is CCOc1ccc(/C(O)=C2\C(=O)C(=O)N(CCCN(C)C)[C@H]2c2ccccn2)cc1. The number of carbonyl (C=O) groups excluding carboxylic acids is 2. The van der Waals surface area contributed by atoms with Crippen molar-refractivity contribution in [2.75, 3.05) is 33.8 Å². The number of aliphatic hydroxyl groups is 1. The van der Waals surface area contributed by atoms with E-state index in [1.807, 2.05) is 25.9 Å². The Bertz CT molecular complexity index is 923. The molecular weight excluding hydrogens is 382 g/mol. The summed E-state index contributed by atoms with van der Waals surface area (Å²) in [6.07, 6.45) is 2.32. The third kappa shape index (κ3) is 4.52. The second-order valence-electron chi connectivity index (χ2n) is 7.36. The van der Waals surface area contributed by atoms with Crippen LogP contribution in [0.25, 0.3) is 5.76 Å². The first kappa shape index (κ1) is 21.5. The van der Waals surface area contributed by atoms with Gasteiger partial charge in [-0.05, 0) is 70.4 Å². The van der Waals surface area contributed by atoms with Gasteiger partial charge < -0.3 is 19.6 Å². The van der Waals surface area contributed by atoms with E-state index in [-0.39, 0.29) is 11.3 Å². The van der Waals surface area contributed by atoms with Crippen molar-refractivity contribution in [1.82, 2.24) is 14.8 Å². The van der Waals surface area contributed by atoms with Gasteiger partial charge in [0.1, 0.15) is 17.6 Å². The fourth-order valence-corrected chi connectivity index (χ4v) is 3.54. The fraction of sp³-hybridized carbons (Fsp3) is 0.348. The van der Waals surface area contributed by atoms with Crippen LogP contribution >= 0.6 is 0 Å². The average molecular weight is 409 g/mol. The van der Waals surface area contributed by atoms with Crippen molar-refractivity contribution in [3.05, 3.63) is 65.5 Å². The molecule has 1 N–H and O–H groups in total. The molecule has 0 unspecified atom stereocenters. The minimum atomic E-state index is -0.722. The molecule has 30 heavy (non-hydrogen) atoms. The molecule has 0 spiro atoms. The zero-order valence-electron chi connectivity index (χ0n) is 17.5. The van der Waals surface area contributed by atoms with Crippen LogP contribution in [0.15, 0.2) is 54.2 Å². The molecule has 0 bridgehead atoms. The van der Waals surface area contributed by atoms with E-state index in [9.17, 15) is 14.7 Å². The Morgan fingerprint density at radius 1 is 1.17 bits per heavy atom. The van der Waals surface area contributed by atoms with Crippen LogP contribution in [0.3, 0.4) is 0 Å². The van der Waals surface area contributed by atoms with Gasteiger partial charge in [0.05, 0.1) is 17.9 Å². The quantitative estimate of drug-likeness (QED) is 0.410. The molecule has 7 nitrogen and oxygen atoms in total. The highest BCUT2D eigenvalue weighted by atomic mass is 16.5. The molecule has 1 amide bonds. The number of amides is 1. The fourth-order valence-electron chi connectivity index (χ4n) is 3.54. The normalized spacial score (nSPS) is 18.3. The molecule has 3 rings (SSSR count). The second kappa shape index (κ2) is 9.54. The molecule has 0 saturated carbocycles. The Balaban J connectivity index is 2.02. The highest BCUT2D eigenvalue weighted by molar-refractivity contribution is 6.46. The number of hydrogen-bond acceptors (Lipinski definition) is 6. The molecule has 1 fully saturated rings. The van der Waals surface area contributed by atoms with Gasteiger partial charge in [-0.2, -0.15) is 0 Å². The Morgan fingerprint density at radius 3 is 2.50 bits per heavy atom. The van der Waals surface area contributed by atoms with Crippen LogP contribution in [-0.4, -0.2) is 65.4 Å². The number of benzene rings is 1. The smallest absolute Gasteiger partial charge is 0.295 e. The minimum Gasteiger partial charge on any atom is -0.507 e. The van der Waals surface area contributed by atoms with Crippen molar-refractivity contribution in [1.29, 1.82) is 0 Å². The standard InChI is InChI=1S/C23H27N3O4/c1-4-30-17-11-9-16(10-12-17)21(27)19-20(18-8-5-6-13-24-18)26(23(29)22(19)28)15-7-14-25(2)3/h5-6,8-13,20,27H,4,7,14-15H2,1-3H3/b21-19+/t20-/m0/s1. The third-order valence-corrected chi connectivity index (χ3v) is 4.95. The topological polar surface area (TPSA) is 83.0 Å². The lowest BCUT2D eigenvalue weighted by molar-refractivity contribution is -0.140. The lowest BCUT2D eigenvalue weighted by atomic mass is 9.98. The molecule has 1 atom stereocenters. The molecular formula is C23H27N3O4. The minimum absolute atomic E-state index is 0.0627. The molecule has 2 aromatic rings. The number of aromatic nitrogens is 1. The zero-order chi connectivity index (χ0) is 21.7. The second-order valence-corrected chi connectivity index (χ2v) is 7.36. The number of hydrogen-bond donors (Lipinski definition) is 1. The summed E-state index contributed by atoms with van der Waals surface area (Å²) in [5.41, 5.74) is 1.06. The molecule has 2 heterocycles. The number of ether oxygens (including phenoxy) is 1. The number of rotatable bonds is 8. The number of likely N-dealkylation sites (tertiary alicyclic amines) is 1. The van der Waals surface area contributed by atoms with Gasteiger partial charge >= 0.3 is 0 Å². The van der Waals surface area contributed by atoms with Gasteiger partial charge in [0.15, 0.2) is 0 Å². The summed E-state index contributed by atoms with van der Waals surface area (Å²) in [5.74, 6) is -0.847. The van der Waals surface area contributed by atoms with Gasteiger partial charge in [-0.1, -0.05) is 6.07 Å². The Labute approximate surface area is 176 Å². The van der Waals surface area contributed by atoms with Gasteiger partial charge in [-0.25, -0.2) is 0 Å². The largest absolute Gasteiger partial charge is 0.507 e. The molecule has 158 valence electrons. The van der Waals surface area contributed by atoms with Crippen molar-refractivity contribution in [3.8, 4) is 5.75 Å². The molecule has 7 heteroatoms. The van der Waals surface area contributed by atoms with E-state index < -0.39 is 17.7 Å². The molecule has 0 radical (unpaired) electrons. The summed E-state index contributed by atoms with van der Waals surface area (Å²) in [6, 6.07) is 11.4. The van der Waals surface area contributed by atoms with Crippen LogP contribution in [0.4, 0.5) is 0 Å². The van der Waals surface area contributed by atoms with Gasteiger partial charge in [0.25, 0.3) is 11.7 Å². The van der Waals surface area contributed by atoms with Crippen molar-refractivity contribution in [2.45, 2.75) is 19.4 Å². The third-order valence-electron chi connectivity index (χ3n) is 4.95. The lowest BCUT2D eigenvalue weighted by Crippen LogP contribution is -2.32. The maximum Gasteiger partial charge on any atom is 0.295 e. The van der Waals surface area contributed by atoms with Gasteiger partial charge in [-0.15, -0.1) is 0 Å². The van der Waals surface area contributed by atoms with E-state index in [1.165, 1.54) is 4.90 Å². The number of nitrogens with zero attached hydrogens (tertiary/aromatic N) is 3. The van der Waals surface area contributed by atoms with Crippen LogP contribution in [-0.2, 0) is 9.59 Å². The van der Waals surface area contributed by atoms with Gasteiger partial charge in [0.2, 0.25) is 0 Å². The van der Waals surface area contributed by atoms with Crippen LogP contribution in [0.1, 0.15) is 30.6 Å². The van der Waals surface area contributed by atoms with E-state index in [2.05, 4.69) is 4.98 Å². The van der Waals surface area contributed by atoms with Crippen molar-refractivity contribution in [2.24, 2.45) is 0 Å². The van der Waals surface area contributed by atoms with E-state index in [0.717, 1.165) is 6.54 Å². The highest BCUT2D eigenvalue weighted by Gasteiger charge is 2.46. The van der Waals surface area contributed by atoms with Crippen LogP contribution < -0.4 is 4.74 Å². The van der Waals surface area contributed by atoms with Crippen LogP contribution in [0, 0.1) is 0 Å². The van der Waals surface area contributed by atoms with E-state index in [1.54, 1.807) is 48.7 Å². The molecule has 1 aliphatic heterocycles. The predicted molar refractivity (Wildman–Crippen MR) is 114 cm³/mol. The lowest BCUT2D eigenvalue weighted by Gasteiger charge is -2.25. The number of carbonyl (C=O) groups is 2. The summed E-state index contributed by atoms with van der Waals surface area (Å²) < 4.78 is 5.43. The molecule has 1 saturated heterocycles. The van der Waals surface area contributed by atoms with E-state index in [4.69, 9.17) is 4.74 Å². The van der Waals surface area contributed by atoms with Gasteiger partial charge in [0, 0.05) is 18.3 Å². The predicted octanol–water partition coefficient (Wildman–Crippen LogP) is 2.85. The Hall–Kier alpha value is -3.19. The summed E-state index contributed by atoms with van der Waals surface area (Å²) in [7, 11) is 3.91. The van der Waals surface area contributed by atoms with E-state index >= 15 is 0 Å². The monoisotopic (exact) mass is 409 g/mol. The first-order valence-electron chi connectivity index (χ1n) is 10.0. The molecule has 1 aromatic carbocycles.